The topological polar surface area (TPSA) is 97.2 Å². The van der Waals surface area contributed by atoms with Crippen LogP contribution in [0.5, 0.6) is 5.75 Å². The van der Waals surface area contributed by atoms with Gasteiger partial charge in [-0.25, -0.2) is 9.97 Å². The summed E-state index contributed by atoms with van der Waals surface area (Å²) in [7, 11) is 0. The van der Waals surface area contributed by atoms with Crippen LogP contribution in [0.3, 0.4) is 0 Å². The van der Waals surface area contributed by atoms with Crippen molar-refractivity contribution in [1.29, 1.82) is 0 Å². The Morgan fingerprint density at radius 3 is 2.77 bits per heavy atom. The number of nitrogens with one attached hydrogen (secondary N) is 1. The van der Waals surface area contributed by atoms with E-state index < -0.39 is 6.10 Å². The van der Waals surface area contributed by atoms with Gasteiger partial charge in [-0.05, 0) is 43.2 Å². The van der Waals surface area contributed by atoms with Crippen molar-refractivity contribution in [2.75, 3.05) is 0 Å². The molecule has 2 atom stereocenters. The molecular weight excluding hydrogens is 416 g/mol. The number of aromatic nitrogens is 3. The molecule has 160 valence electrons. The molecule has 2 aromatic heterocycles. The third-order valence-electron chi connectivity index (χ3n) is 5.29. The van der Waals surface area contributed by atoms with Crippen LogP contribution in [0.1, 0.15) is 41.6 Å². The highest BCUT2D eigenvalue weighted by molar-refractivity contribution is 6.31. The first-order valence-electron chi connectivity index (χ1n) is 10.2. The number of aliphatic hydroxyl groups excluding tert-OH is 1. The van der Waals surface area contributed by atoms with E-state index in [2.05, 4.69) is 20.3 Å². The Hall–Kier alpha value is -3.03. The van der Waals surface area contributed by atoms with Crippen molar-refractivity contribution in [2.45, 2.75) is 44.4 Å². The lowest BCUT2D eigenvalue weighted by molar-refractivity contribution is 0.0717. The molecule has 31 heavy (non-hydrogen) atoms. The van der Waals surface area contributed by atoms with E-state index in [0.717, 1.165) is 24.8 Å². The predicted molar refractivity (Wildman–Crippen MR) is 117 cm³/mol. The maximum atomic E-state index is 12.7. The molecule has 0 aliphatic heterocycles. The van der Waals surface area contributed by atoms with Gasteiger partial charge >= 0.3 is 0 Å². The van der Waals surface area contributed by atoms with Crippen molar-refractivity contribution >= 4 is 17.5 Å². The molecule has 4 rings (SSSR count). The summed E-state index contributed by atoms with van der Waals surface area (Å²) >= 11 is 6.32. The van der Waals surface area contributed by atoms with Gasteiger partial charge in [-0.1, -0.05) is 24.4 Å². The predicted octanol–water partition coefficient (Wildman–Crippen LogP) is 3.80. The van der Waals surface area contributed by atoms with Gasteiger partial charge in [-0.3, -0.25) is 9.78 Å². The molecule has 1 amide bonds. The van der Waals surface area contributed by atoms with Gasteiger partial charge < -0.3 is 15.2 Å². The van der Waals surface area contributed by atoms with Crippen molar-refractivity contribution < 1.29 is 14.6 Å². The molecule has 0 spiro atoms. The molecule has 7 nitrogen and oxygen atoms in total. The number of ether oxygens (including phenoxy) is 1. The average Bonchev–Trinajstić information content (AvgIpc) is 2.81. The lowest BCUT2D eigenvalue weighted by Crippen LogP contribution is -2.45. The lowest BCUT2D eigenvalue weighted by atomic mass is 9.92. The first-order valence-corrected chi connectivity index (χ1v) is 10.6. The highest BCUT2D eigenvalue weighted by atomic mass is 35.5. The molecule has 2 heterocycles. The summed E-state index contributed by atoms with van der Waals surface area (Å²) in [6.45, 7) is 0.173. The Morgan fingerprint density at radius 1 is 1.16 bits per heavy atom. The molecule has 0 bridgehead atoms. The minimum atomic E-state index is -0.499. The standard InChI is InChI=1S/C23H23ClN4O3/c24-19-7-6-15(23(30)28-20-4-1-2-5-21(20)29)10-17(19)14-31-18-11-16(12-25-13-18)22-26-8-3-9-27-22/h3,6-13,20-21,29H,1-2,4-5,14H2,(H,28,30)/t20-,21-/m0/s1. The van der Waals surface area contributed by atoms with E-state index in [9.17, 15) is 9.90 Å². The number of carbonyl (C=O) groups is 1. The molecule has 3 aromatic rings. The molecule has 1 saturated carbocycles. The van der Waals surface area contributed by atoms with E-state index in [1.165, 1.54) is 0 Å². The number of rotatable bonds is 6. The van der Waals surface area contributed by atoms with Crippen molar-refractivity contribution in [3.8, 4) is 17.1 Å². The van der Waals surface area contributed by atoms with Crippen LogP contribution in [0, 0.1) is 0 Å². The monoisotopic (exact) mass is 438 g/mol. The van der Waals surface area contributed by atoms with Crippen LogP contribution in [0.15, 0.2) is 55.1 Å². The van der Waals surface area contributed by atoms with Crippen molar-refractivity contribution in [1.82, 2.24) is 20.3 Å². The SMILES string of the molecule is O=C(N[C@H]1CCCC[C@@H]1O)c1ccc(Cl)c(COc2cncc(-c3ncccn3)c2)c1. The first-order chi connectivity index (χ1) is 15.1. The summed E-state index contributed by atoms with van der Waals surface area (Å²) < 4.78 is 5.86. The van der Waals surface area contributed by atoms with Crippen LogP contribution >= 0.6 is 11.6 Å². The maximum Gasteiger partial charge on any atom is 0.251 e. The fraction of sp³-hybridized carbons (Fsp3) is 0.304. The van der Waals surface area contributed by atoms with Crippen molar-refractivity contribution in [3.63, 3.8) is 0 Å². The smallest absolute Gasteiger partial charge is 0.251 e. The number of carbonyl (C=O) groups excluding carboxylic acids is 1. The fourth-order valence-electron chi connectivity index (χ4n) is 3.59. The van der Waals surface area contributed by atoms with Gasteiger partial charge in [0.05, 0.1) is 18.3 Å². The second-order valence-electron chi connectivity index (χ2n) is 7.51. The molecule has 2 N–H and O–H groups in total. The van der Waals surface area contributed by atoms with E-state index >= 15 is 0 Å². The summed E-state index contributed by atoms with van der Waals surface area (Å²) in [5.41, 5.74) is 1.90. The van der Waals surface area contributed by atoms with Gasteiger partial charge in [0.15, 0.2) is 5.82 Å². The van der Waals surface area contributed by atoms with Gasteiger partial charge in [0.25, 0.3) is 5.91 Å². The van der Waals surface area contributed by atoms with Crippen LogP contribution in [-0.4, -0.2) is 38.1 Å². The first kappa shape index (κ1) is 21.2. The normalized spacial score (nSPS) is 18.4. The number of nitrogens with zero attached hydrogens (tertiary/aromatic N) is 3. The Labute approximate surface area is 185 Å². The second kappa shape index (κ2) is 9.85. The highest BCUT2D eigenvalue weighted by Crippen LogP contribution is 2.24. The van der Waals surface area contributed by atoms with Crippen molar-refractivity contribution in [2.24, 2.45) is 0 Å². The van der Waals surface area contributed by atoms with Crippen LogP contribution in [0.4, 0.5) is 0 Å². The molecule has 1 aliphatic rings. The van der Waals surface area contributed by atoms with E-state index in [-0.39, 0.29) is 18.6 Å². The van der Waals surface area contributed by atoms with Gasteiger partial charge in [-0.15, -0.1) is 0 Å². The zero-order valence-corrected chi connectivity index (χ0v) is 17.6. The minimum Gasteiger partial charge on any atom is -0.487 e. The van der Waals surface area contributed by atoms with E-state index in [4.69, 9.17) is 16.3 Å². The van der Waals surface area contributed by atoms with Crippen LogP contribution < -0.4 is 10.1 Å². The number of benzene rings is 1. The summed E-state index contributed by atoms with van der Waals surface area (Å²) in [4.78, 5) is 25.3. The summed E-state index contributed by atoms with van der Waals surface area (Å²) in [5.74, 6) is 0.872. The number of aliphatic hydroxyl groups is 1. The molecule has 8 heteroatoms. The Kier molecular flexibility index (Phi) is 6.74. The second-order valence-corrected chi connectivity index (χ2v) is 7.92. The number of amides is 1. The lowest BCUT2D eigenvalue weighted by Gasteiger charge is -2.28. The Bertz CT molecular complexity index is 1050. The molecule has 0 radical (unpaired) electrons. The number of halogens is 1. The zero-order chi connectivity index (χ0) is 21.6. The molecule has 0 unspecified atom stereocenters. The van der Waals surface area contributed by atoms with Gasteiger partial charge in [-0.2, -0.15) is 0 Å². The Balaban J connectivity index is 1.44. The summed E-state index contributed by atoms with van der Waals surface area (Å²) in [6, 6.07) is 8.40. The summed E-state index contributed by atoms with van der Waals surface area (Å²) in [6.07, 6.45) is 9.58. The molecule has 1 aromatic carbocycles. The van der Waals surface area contributed by atoms with Gasteiger partial charge in [0.1, 0.15) is 12.4 Å². The number of hydrogen-bond donors (Lipinski definition) is 2. The van der Waals surface area contributed by atoms with Gasteiger partial charge in [0, 0.05) is 40.3 Å². The van der Waals surface area contributed by atoms with Crippen LogP contribution in [-0.2, 0) is 6.61 Å². The summed E-state index contributed by atoms with van der Waals surface area (Å²) in [5, 5.41) is 13.5. The Morgan fingerprint density at radius 2 is 1.97 bits per heavy atom. The highest BCUT2D eigenvalue weighted by Gasteiger charge is 2.25. The van der Waals surface area contributed by atoms with Crippen LogP contribution in [0.2, 0.25) is 5.02 Å². The van der Waals surface area contributed by atoms with Crippen LogP contribution in [0.25, 0.3) is 11.4 Å². The van der Waals surface area contributed by atoms with E-state index in [1.54, 1.807) is 55.1 Å². The number of pyridine rings is 1. The quantitative estimate of drug-likeness (QED) is 0.607. The molecule has 1 fully saturated rings. The third-order valence-corrected chi connectivity index (χ3v) is 5.65. The van der Waals surface area contributed by atoms with Gasteiger partial charge in [0.2, 0.25) is 0 Å². The molecular formula is C23H23ClN4O3. The van der Waals surface area contributed by atoms with E-state index in [1.807, 2.05) is 0 Å². The average molecular weight is 439 g/mol. The third kappa shape index (κ3) is 5.37. The minimum absolute atomic E-state index is 0.173. The number of hydrogen-bond acceptors (Lipinski definition) is 6. The molecule has 0 saturated heterocycles. The fourth-order valence-corrected chi connectivity index (χ4v) is 3.76. The largest absolute Gasteiger partial charge is 0.487 e. The van der Waals surface area contributed by atoms with Crippen molar-refractivity contribution in [3.05, 3.63) is 71.3 Å². The zero-order valence-electron chi connectivity index (χ0n) is 16.9. The molecule has 1 aliphatic carbocycles. The van der Waals surface area contributed by atoms with E-state index in [0.29, 0.717) is 34.1 Å². The maximum absolute atomic E-state index is 12.7.